The molecule has 3 rings (SSSR count). The first-order valence-electron chi connectivity index (χ1n) is 7.16. The molecule has 2 aromatic carbocycles. The summed E-state index contributed by atoms with van der Waals surface area (Å²) in [7, 11) is 0. The van der Waals surface area contributed by atoms with Gasteiger partial charge in [0.1, 0.15) is 5.54 Å². The number of benzene rings is 2. The lowest BCUT2D eigenvalue weighted by Gasteiger charge is -2.23. The summed E-state index contributed by atoms with van der Waals surface area (Å²) in [6.45, 7) is 1.69. The van der Waals surface area contributed by atoms with Gasteiger partial charge in [-0.15, -0.1) is 0 Å². The fraction of sp³-hybridized carbons (Fsp3) is 0.176. The molecule has 0 spiro atoms. The van der Waals surface area contributed by atoms with Gasteiger partial charge in [-0.2, -0.15) is 0 Å². The van der Waals surface area contributed by atoms with Crippen LogP contribution in [0.3, 0.4) is 0 Å². The van der Waals surface area contributed by atoms with Gasteiger partial charge in [-0.05, 0) is 30.7 Å². The highest BCUT2D eigenvalue weighted by molar-refractivity contribution is 6.35. The van der Waals surface area contributed by atoms with E-state index in [4.69, 9.17) is 34.8 Å². The summed E-state index contributed by atoms with van der Waals surface area (Å²) in [5, 5.41) is 4.02. The minimum absolute atomic E-state index is 0.0563. The molecule has 0 saturated carbocycles. The Balaban J connectivity index is 1.93. The van der Waals surface area contributed by atoms with E-state index in [1.165, 1.54) is 0 Å². The third-order valence-corrected chi connectivity index (χ3v) is 4.95. The summed E-state index contributed by atoms with van der Waals surface area (Å²) in [5.41, 5.74) is -0.0309. The fourth-order valence-electron chi connectivity index (χ4n) is 2.71. The number of imide groups is 1. The average molecular weight is 384 g/mol. The van der Waals surface area contributed by atoms with Crippen molar-refractivity contribution in [2.45, 2.75) is 19.0 Å². The largest absolute Gasteiger partial charge is 0.325 e. The van der Waals surface area contributed by atoms with E-state index >= 15 is 0 Å². The van der Waals surface area contributed by atoms with Gasteiger partial charge in [0.25, 0.3) is 5.91 Å². The lowest BCUT2D eigenvalue weighted by Crippen LogP contribution is -2.41. The summed E-state index contributed by atoms with van der Waals surface area (Å²) in [4.78, 5) is 26.4. The molecule has 0 aromatic heterocycles. The van der Waals surface area contributed by atoms with Gasteiger partial charge in [0.15, 0.2) is 0 Å². The van der Waals surface area contributed by atoms with Crippen LogP contribution in [0.5, 0.6) is 0 Å². The Bertz CT molecular complexity index is 840. The molecule has 7 heteroatoms. The molecule has 0 radical (unpaired) electrons. The standard InChI is InChI=1S/C17H13Cl3N2O2/c1-17(12-4-2-3-5-13(12)19)15(23)22(16(24)21-17)9-10-6-7-11(18)8-14(10)20/h2-8H,9H2,1H3,(H,21,24). The van der Waals surface area contributed by atoms with Crippen LogP contribution in [0.1, 0.15) is 18.1 Å². The van der Waals surface area contributed by atoms with Crippen LogP contribution in [0.15, 0.2) is 42.5 Å². The van der Waals surface area contributed by atoms with E-state index in [1.54, 1.807) is 49.4 Å². The van der Waals surface area contributed by atoms with Gasteiger partial charge >= 0.3 is 6.03 Å². The summed E-state index contributed by atoms with van der Waals surface area (Å²) in [6.07, 6.45) is 0. The second-order valence-corrected chi connectivity index (χ2v) is 6.91. The number of hydrogen-bond donors (Lipinski definition) is 1. The molecule has 1 aliphatic rings. The van der Waals surface area contributed by atoms with E-state index in [-0.39, 0.29) is 12.5 Å². The number of carbonyl (C=O) groups excluding carboxylic acids is 2. The Kier molecular flexibility index (Phi) is 4.47. The molecule has 1 unspecified atom stereocenters. The summed E-state index contributed by atoms with van der Waals surface area (Å²) >= 11 is 18.2. The predicted octanol–water partition coefficient (Wildman–Crippen LogP) is 4.61. The highest BCUT2D eigenvalue weighted by Gasteiger charge is 2.49. The number of nitrogens with zero attached hydrogens (tertiary/aromatic N) is 1. The van der Waals surface area contributed by atoms with Crippen LogP contribution < -0.4 is 5.32 Å². The van der Waals surface area contributed by atoms with E-state index in [2.05, 4.69) is 5.32 Å². The number of halogens is 3. The molecule has 3 amide bonds. The van der Waals surface area contributed by atoms with Gasteiger partial charge in [0.05, 0.1) is 6.54 Å². The Morgan fingerprint density at radius 3 is 2.42 bits per heavy atom. The molecule has 24 heavy (non-hydrogen) atoms. The van der Waals surface area contributed by atoms with Crippen LogP contribution in [-0.4, -0.2) is 16.8 Å². The predicted molar refractivity (Wildman–Crippen MR) is 94.3 cm³/mol. The van der Waals surface area contributed by atoms with Gasteiger partial charge in [0, 0.05) is 20.6 Å². The molecule has 4 nitrogen and oxygen atoms in total. The van der Waals surface area contributed by atoms with Gasteiger partial charge < -0.3 is 5.32 Å². The van der Waals surface area contributed by atoms with E-state index in [1.807, 2.05) is 0 Å². The molecular formula is C17H13Cl3N2O2. The van der Waals surface area contributed by atoms with Crippen LogP contribution in [0.4, 0.5) is 4.79 Å². The van der Waals surface area contributed by atoms with Crippen LogP contribution in [0.25, 0.3) is 0 Å². The Morgan fingerprint density at radius 1 is 1.04 bits per heavy atom. The maximum Gasteiger partial charge on any atom is 0.325 e. The van der Waals surface area contributed by atoms with Crippen molar-refractivity contribution in [3.8, 4) is 0 Å². The normalized spacial score (nSPS) is 20.4. The lowest BCUT2D eigenvalue weighted by molar-refractivity contribution is -0.131. The second-order valence-electron chi connectivity index (χ2n) is 5.66. The molecule has 1 heterocycles. The van der Waals surface area contributed by atoms with Crippen molar-refractivity contribution in [1.82, 2.24) is 10.2 Å². The van der Waals surface area contributed by atoms with Crippen LogP contribution >= 0.6 is 34.8 Å². The Labute approximate surface area is 154 Å². The quantitative estimate of drug-likeness (QED) is 0.787. The number of hydrogen-bond acceptors (Lipinski definition) is 2. The maximum absolute atomic E-state index is 12.9. The zero-order valence-corrected chi connectivity index (χ0v) is 14.9. The van der Waals surface area contributed by atoms with Crippen molar-refractivity contribution in [2.24, 2.45) is 0 Å². The smallest absolute Gasteiger partial charge is 0.319 e. The van der Waals surface area contributed by atoms with Crippen molar-refractivity contribution in [3.63, 3.8) is 0 Å². The number of urea groups is 1. The Hall–Kier alpha value is -1.75. The van der Waals surface area contributed by atoms with E-state index in [9.17, 15) is 9.59 Å². The molecule has 1 N–H and O–H groups in total. The summed E-state index contributed by atoms with van der Waals surface area (Å²) in [5.74, 6) is -0.383. The topological polar surface area (TPSA) is 49.4 Å². The van der Waals surface area contributed by atoms with E-state index < -0.39 is 11.6 Å². The van der Waals surface area contributed by atoms with Gasteiger partial charge in [0.2, 0.25) is 0 Å². The third kappa shape index (κ3) is 2.86. The lowest BCUT2D eigenvalue weighted by atomic mass is 9.92. The zero-order chi connectivity index (χ0) is 17.5. The molecule has 1 atom stereocenters. The average Bonchev–Trinajstić information content (AvgIpc) is 2.74. The fourth-order valence-corrected chi connectivity index (χ4v) is 3.50. The van der Waals surface area contributed by atoms with Gasteiger partial charge in [-0.1, -0.05) is 59.1 Å². The van der Waals surface area contributed by atoms with Crippen LogP contribution in [0.2, 0.25) is 15.1 Å². The molecular weight excluding hydrogens is 371 g/mol. The van der Waals surface area contributed by atoms with Crippen LogP contribution in [-0.2, 0) is 16.9 Å². The monoisotopic (exact) mass is 382 g/mol. The third-order valence-electron chi connectivity index (χ3n) is 4.03. The van der Waals surface area contributed by atoms with Crippen molar-refractivity contribution in [1.29, 1.82) is 0 Å². The number of carbonyl (C=O) groups is 2. The molecule has 1 aliphatic heterocycles. The van der Waals surface area contributed by atoms with Crippen molar-refractivity contribution in [3.05, 3.63) is 68.7 Å². The molecule has 1 saturated heterocycles. The van der Waals surface area contributed by atoms with E-state index in [0.29, 0.717) is 26.2 Å². The summed E-state index contributed by atoms with van der Waals surface area (Å²) in [6, 6.07) is 11.4. The molecule has 0 bridgehead atoms. The SMILES string of the molecule is CC1(c2ccccc2Cl)NC(=O)N(Cc2ccc(Cl)cc2Cl)C1=O. The highest BCUT2D eigenvalue weighted by Crippen LogP contribution is 2.34. The maximum atomic E-state index is 12.9. The van der Waals surface area contributed by atoms with Crippen molar-refractivity contribution < 1.29 is 9.59 Å². The van der Waals surface area contributed by atoms with Crippen molar-refractivity contribution in [2.75, 3.05) is 0 Å². The molecule has 0 aliphatic carbocycles. The summed E-state index contributed by atoms with van der Waals surface area (Å²) < 4.78 is 0. The van der Waals surface area contributed by atoms with E-state index in [0.717, 1.165) is 4.90 Å². The molecule has 124 valence electrons. The molecule has 2 aromatic rings. The first kappa shape index (κ1) is 17.1. The van der Waals surface area contributed by atoms with Crippen molar-refractivity contribution >= 4 is 46.7 Å². The highest BCUT2D eigenvalue weighted by atomic mass is 35.5. The Morgan fingerprint density at radius 2 is 1.75 bits per heavy atom. The molecule has 1 fully saturated rings. The first-order chi connectivity index (χ1) is 11.3. The minimum Gasteiger partial charge on any atom is -0.319 e. The van der Waals surface area contributed by atoms with Gasteiger partial charge in [-0.3, -0.25) is 9.69 Å². The number of amides is 3. The first-order valence-corrected chi connectivity index (χ1v) is 8.29. The minimum atomic E-state index is -1.21. The second kappa shape index (κ2) is 6.28. The zero-order valence-electron chi connectivity index (χ0n) is 12.6. The van der Waals surface area contributed by atoms with Crippen LogP contribution in [0, 0.1) is 0 Å². The van der Waals surface area contributed by atoms with Gasteiger partial charge in [-0.25, -0.2) is 4.79 Å². The number of nitrogens with one attached hydrogen (secondary N) is 1. The number of rotatable bonds is 3.